The Hall–Kier alpha value is -2.71. The molecule has 0 radical (unpaired) electrons. The van der Waals surface area contributed by atoms with Gasteiger partial charge in [-0.15, -0.1) is 0 Å². The molecule has 0 atom stereocenters. The number of aliphatic hydroxyl groups is 1. The number of hydrogen-bond donors (Lipinski definition) is 3. The maximum atomic E-state index is 12.4. The van der Waals surface area contributed by atoms with Gasteiger partial charge in [0.05, 0.1) is 23.6 Å². The van der Waals surface area contributed by atoms with Crippen LogP contribution in [0.25, 0.3) is 5.57 Å². The molecule has 2 aliphatic heterocycles. The topological polar surface area (TPSA) is 64.6 Å². The van der Waals surface area contributed by atoms with Gasteiger partial charge in [-0.25, -0.2) is 0 Å². The summed E-state index contributed by atoms with van der Waals surface area (Å²) in [6, 6.07) is 3.82. The standard InChI is InChI=1S/C18H19N3O2/c1-11-6-7-15-17(13(11)5-4-8-22)14(18(23)20-15)9-16-12(2)21(3)10-19-16/h6-7,9,19,22H,8,10H2,1-3H3,(H,20,23)/b14-9-. The van der Waals surface area contributed by atoms with E-state index in [4.69, 9.17) is 5.11 Å². The number of rotatable bonds is 1. The molecule has 1 aromatic carbocycles. The SMILES string of the molecule is CC1=C(/C=C2\C(=O)Nc3ccc(C)c(C#CCO)c32)NCN1C. The number of nitrogens with one attached hydrogen (secondary N) is 2. The number of anilines is 1. The molecule has 118 valence electrons. The molecule has 0 bridgehead atoms. The summed E-state index contributed by atoms with van der Waals surface area (Å²) >= 11 is 0. The molecule has 3 rings (SSSR count). The summed E-state index contributed by atoms with van der Waals surface area (Å²) in [4.78, 5) is 14.5. The predicted octanol–water partition coefficient (Wildman–Crippen LogP) is 1.40. The highest BCUT2D eigenvalue weighted by Gasteiger charge is 2.28. The number of aliphatic hydroxyl groups excluding tert-OH is 1. The van der Waals surface area contributed by atoms with Crippen molar-refractivity contribution < 1.29 is 9.90 Å². The molecule has 5 heteroatoms. The van der Waals surface area contributed by atoms with Crippen LogP contribution >= 0.6 is 0 Å². The lowest BCUT2D eigenvalue weighted by Crippen LogP contribution is -2.18. The maximum absolute atomic E-state index is 12.4. The molecule has 23 heavy (non-hydrogen) atoms. The van der Waals surface area contributed by atoms with E-state index in [9.17, 15) is 4.79 Å². The summed E-state index contributed by atoms with van der Waals surface area (Å²) in [6.07, 6.45) is 1.88. The van der Waals surface area contributed by atoms with E-state index in [1.54, 1.807) is 0 Å². The number of allylic oxidation sites excluding steroid dienone is 2. The monoisotopic (exact) mass is 309 g/mol. The van der Waals surface area contributed by atoms with Crippen LogP contribution < -0.4 is 10.6 Å². The van der Waals surface area contributed by atoms with Crippen LogP contribution in [-0.4, -0.2) is 36.2 Å². The van der Waals surface area contributed by atoms with Gasteiger partial charge in [0.25, 0.3) is 5.91 Å². The second kappa shape index (κ2) is 5.82. The van der Waals surface area contributed by atoms with Crippen molar-refractivity contribution in [3.8, 4) is 11.8 Å². The normalized spacial score (nSPS) is 17.8. The average molecular weight is 309 g/mol. The van der Waals surface area contributed by atoms with Crippen LogP contribution in [0.3, 0.4) is 0 Å². The second-order valence-corrected chi connectivity index (χ2v) is 5.68. The number of aryl methyl sites for hydroxylation is 1. The molecule has 0 saturated heterocycles. The van der Waals surface area contributed by atoms with E-state index >= 15 is 0 Å². The smallest absolute Gasteiger partial charge is 0.256 e. The van der Waals surface area contributed by atoms with E-state index in [-0.39, 0.29) is 12.5 Å². The van der Waals surface area contributed by atoms with E-state index in [1.807, 2.05) is 39.1 Å². The summed E-state index contributed by atoms with van der Waals surface area (Å²) in [7, 11) is 2.00. The molecule has 2 aliphatic rings. The highest BCUT2D eigenvalue weighted by molar-refractivity contribution is 6.32. The van der Waals surface area contributed by atoms with Crippen molar-refractivity contribution in [1.29, 1.82) is 0 Å². The Bertz CT molecular complexity index is 810. The van der Waals surface area contributed by atoms with E-state index in [0.29, 0.717) is 5.57 Å². The lowest BCUT2D eigenvalue weighted by Gasteiger charge is -2.09. The van der Waals surface area contributed by atoms with Gasteiger partial charge >= 0.3 is 0 Å². The Morgan fingerprint density at radius 3 is 2.83 bits per heavy atom. The van der Waals surface area contributed by atoms with Crippen LogP contribution in [0.15, 0.2) is 29.6 Å². The van der Waals surface area contributed by atoms with Gasteiger partial charge in [-0.2, -0.15) is 0 Å². The molecule has 1 amide bonds. The first-order chi connectivity index (χ1) is 11.0. The van der Waals surface area contributed by atoms with Crippen LogP contribution in [-0.2, 0) is 4.79 Å². The van der Waals surface area contributed by atoms with E-state index in [0.717, 1.165) is 40.4 Å². The molecule has 3 N–H and O–H groups in total. The molecular formula is C18H19N3O2. The maximum Gasteiger partial charge on any atom is 0.256 e. The predicted molar refractivity (Wildman–Crippen MR) is 90.2 cm³/mol. The van der Waals surface area contributed by atoms with Crippen molar-refractivity contribution in [2.45, 2.75) is 13.8 Å². The molecule has 5 nitrogen and oxygen atoms in total. The Balaban J connectivity index is 2.17. The van der Waals surface area contributed by atoms with Crippen molar-refractivity contribution in [2.75, 3.05) is 25.6 Å². The Labute approximate surface area is 135 Å². The summed E-state index contributed by atoms with van der Waals surface area (Å²) in [5.41, 5.74) is 5.97. The number of amides is 1. The first-order valence-electron chi connectivity index (χ1n) is 7.45. The second-order valence-electron chi connectivity index (χ2n) is 5.68. The first-order valence-corrected chi connectivity index (χ1v) is 7.45. The minimum atomic E-state index is -0.208. The molecule has 0 saturated carbocycles. The van der Waals surface area contributed by atoms with Crippen LogP contribution in [0.5, 0.6) is 0 Å². The third kappa shape index (κ3) is 2.58. The number of hydrogen-bond acceptors (Lipinski definition) is 4. The Kier molecular flexibility index (Phi) is 3.85. The zero-order valence-electron chi connectivity index (χ0n) is 13.4. The molecular weight excluding hydrogens is 290 g/mol. The van der Waals surface area contributed by atoms with Gasteiger partial charge in [0, 0.05) is 23.9 Å². The number of nitrogens with zero attached hydrogens (tertiary/aromatic N) is 1. The fourth-order valence-electron chi connectivity index (χ4n) is 2.78. The third-order valence-electron chi connectivity index (χ3n) is 4.23. The number of fused-ring (bicyclic) bond motifs is 1. The highest BCUT2D eigenvalue weighted by atomic mass is 16.2. The summed E-state index contributed by atoms with van der Waals surface area (Å²) in [6.45, 7) is 4.49. The lowest BCUT2D eigenvalue weighted by atomic mass is 9.96. The van der Waals surface area contributed by atoms with Crippen LogP contribution in [0.1, 0.15) is 23.6 Å². The van der Waals surface area contributed by atoms with Gasteiger partial charge in [0.15, 0.2) is 0 Å². The van der Waals surface area contributed by atoms with Gasteiger partial charge in [-0.1, -0.05) is 17.9 Å². The van der Waals surface area contributed by atoms with E-state index in [2.05, 4.69) is 27.4 Å². The summed E-state index contributed by atoms with van der Waals surface area (Å²) in [5, 5.41) is 15.2. The van der Waals surface area contributed by atoms with Gasteiger partial charge in [0.2, 0.25) is 0 Å². The molecule has 0 unspecified atom stereocenters. The van der Waals surface area contributed by atoms with Crippen molar-refractivity contribution in [1.82, 2.24) is 10.2 Å². The fourth-order valence-corrected chi connectivity index (χ4v) is 2.78. The van der Waals surface area contributed by atoms with E-state index < -0.39 is 0 Å². The lowest BCUT2D eigenvalue weighted by molar-refractivity contribution is -0.110. The van der Waals surface area contributed by atoms with Crippen molar-refractivity contribution in [2.24, 2.45) is 0 Å². The largest absolute Gasteiger partial charge is 0.384 e. The Morgan fingerprint density at radius 2 is 2.17 bits per heavy atom. The molecule has 0 aliphatic carbocycles. The van der Waals surface area contributed by atoms with Crippen LogP contribution in [0.4, 0.5) is 5.69 Å². The van der Waals surface area contributed by atoms with Crippen LogP contribution in [0, 0.1) is 18.8 Å². The molecule has 0 fully saturated rings. The van der Waals surface area contributed by atoms with E-state index in [1.165, 1.54) is 0 Å². The van der Waals surface area contributed by atoms with Crippen molar-refractivity contribution >= 4 is 17.2 Å². The molecule has 0 spiro atoms. The minimum Gasteiger partial charge on any atom is -0.384 e. The zero-order chi connectivity index (χ0) is 16.6. The Morgan fingerprint density at radius 1 is 1.39 bits per heavy atom. The molecule has 0 aromatic heterocycles. The number of benzene rings is 1. The number of carbonyl (C=O) groups excluding carboxylic acids is 1. The number of carbonyl (C=O) groups is 1. The van der Waals surface area contributed by atoms with Crippen molar-refractivity contribution in [3.05, 3.63) is 46.3 Å². The average Bonchev–Trinajstić information content (AvgIpc) is 3.01. The first kappa shape index (κ1) is 15.2. The zero-order valence-corrected chi connectivity index (χ0v) is 13.4. The van der Waals surface area contributed by atoms with Gasteiger partial charge in [0.1, 0.15) is 6.61 Å². The minimum absolute atomic E-state index is 0.130. The summed E-state index contributed by atoms with van der Waals surface area (Å²) in [5.74, 6) is 5.53. The highest BCUT2D eigenvalue weighted by Crippen LogP contribution is 2.36. The third-order valence-corrected chi connectivity index (χ3v) is 4.23. The molecule has 1 aromatic rings. The quantitative estimate of drug-likeness (QED) is 0.542. The van der Waals surface area contributed by atoms with Gasteiger partial charge < -0.3 is 20.6 Å². The van der Waals surface area contributed by atoms with Gasteiger partial charge in [-0.3, -0.25) is 4.79 Å². The van der Waals surface area contributed by atoms with Gasteiger partial charge in [-0.05, 0) is 31.6 Å². The fraction of sp³-hybridized carbons (Fsp3) is 0.278. The summed E-state index contributed by atoms with van der Waals surface area (Å²) < 4.78 is 0. The van der Waals surface area contributed by atoms with Crippen LogP contribution in [0.2, 0.25) is 0 Å². The van der Waals surface area contributed by atoms with Crippen molar-refractivity contribution in [3.63, 3.8) is 0 Å². The molecule has 2 heterocycles.